The van der Waals surface area contributed by atoms with Crippen molar-refractivity contribution in [3.05, 3.63) is 35.1 Å². The maximum Gasteiger partial charge on any atom is 0.231 e. The predicted octanol–water partition coefficient (Wildman–Crippen LogP) is 0.669. The molecule has 0 radical (unpaired) electrons. The van der Waals surface area contributed by atoms with E-state index in [1.54, 1.807) is 6.07 Å². The SMILES string of the molecule is NC(=O)CN1CCc2cccc(F)c2C1. The Hall–Kier alpha value is -1.42. The minimum atomic E-state index is -0.366. The number of amides is 1. The fourth-order valence-electron chi connectivity index (χ4n) is 1.95. The first kappa shape index (κ1) is 10.1. The van der Waals surface area contributed by atoms with E-state index in [0.717, 1.165) is 18.5 Å². The molecule has 4 heteroatoms. The highest BCUT2D eigenvalue weighted by Crippen LogP contribution is 2.21. The minimum Gasteiger partial charge on any atom is -0.369 e. The summed E-state index contributed by atoms with van der Waals surface area (Å²) in [5.74, 6) is -0.559. The summed E-state index contributed by atoms with van der Waals surface area (Å²) in [6.45, 7) is 1.44. The summed E-state index contributed by atoms with van der Waals surface area (Å²) in [5, 5.41) is 0. The lowest BCUT2D eigenvalue weighted by molar-refractivity contribution is -0.119. The summed E-state index contributed by atoms with van der Waals surface area (Å²) in [6.07, 6.45) is 0.778. The second-order valence-electron chi connectivity index (χ2n) is 3.80. The van der Waals surface area contributed by atoms with Crippen LogP contribution in [0.25, 0.3) is 0 Å². The molecule has 2 N–H and O–H groups in total. The van der Waals surface area contributed by atoms with Gasteiger partial charge >= 0.3 is 0 Å². The highest BCUT2D eigenvalue weighted by atomic mass is 19.1. The van der Waals surface area contributed by atoms with Gasteiger partial charge in [-0.2, -0.15) is 0 Å². The first-order valence-electron chi connectivity index (χ1n) is 4.94. The van der Waals surface area contributed by atoms with Crippen molar-refractivity contribution in [3.63, 3.8) is 0 Å². The van der Waals surface area contributed by atoms with E-state index in [4.69, 9.17) is 5.73 Å². The van der Waals surface area contributed by atoms with Gasteiger partial charge in [-0.25, -0.2) is 4.39 Å². The lowest BCUT2D eigenvalue weighted by Gasteiger charge is -2.27. The molecule has 1 aliphatic heterocycles. The van der Waals surface area contributed by atoms with Gasteiger partial charge in [0.2, 0.25) is 5.91 Å². The molecule has 1 aliphatic rings. The predicted molar refractivity (Wildman–Crippen MR) is 54.6 cm³/mol. The van der Waals surface area contributed by atoms with Crippen LogP contribution in [0.1, 0.15) is 11.1 Å². The molecule has 1 aromatic rings. The third-order valence-corrected chi connectivity index (χ3v) is 2.67. The van der Waals surface area contributed by atoms with Crippen molar-refractivity contribution in [2.45, 2.75) is 13.0 Å². The quantitative estimate of drug-likeness (QED) is 0.776. The molecule has 0 aliphatic carbocycles. The van der Waals surface area contributed by atoms with Crippen LogP contribution in [0, 0.1) is 5.82 Å². The highest BCUT2D eigenvalue weighted by molar-refractivity contribution is 5.75. The van der Waals surface area contributed by atoms with Crippen LogP contribution in [0.15, 0.2) is 18.2 Å². The summed E-state index contributed by atoms with van der Waals surface area (Å²) in [6, 6.07) is 5.10. The average molecular weight is 208 g/mol. The molecule has 0 saturated carbocycles. The van der Waals surface area contributed by atoms with Crippen molar-refractivity contribution in [2.24, 2.45) is 5.73 Å². The zero-order valence-electron chi connectivity index (χ0n) is 8.37. The maximum atomic E-state index is 13.4. The van der Waals surface area contributed by atoms with Gasteiger partial charge < -0.3 is 5.73 Å². The molecule has 1 aromatic carbocycles. The van der Waals surface area contributed by atoms with E-state index in [0.29, 0.717) is 12.1 Å². The summed E-state index contributed by atoms with van der Waals surface area (Å²) in [4.78, 5) is 12.6. The van der Waals surface area contributed by atoms with E-state index in [2.05, 4.69) is 0 Å². The third-order valence-electron chi connectivity index (χ3n) is 2.67. The van der Waals surface area contributed by atoms with Crippen LogP contribution in [0.3, 0.4) is 0 Å². The number of fused-ring (bicyclic) bond motifs is 1. The number of rotatable bonds is 2. The van der Waals surface area contributed by atoms with Gasteiger partial charge in [-0.3, -0.25) is 9.69 Å². The second kappa shape index (κ2) is 3.98. The average Bonchev–Trinajstić information content (AvgIpc) is 2.18. The van der Waals surface area contributed by atoms with E-state index < -0.39 is 0 Å². The van der Waals surface area contributed by atoms with Crippen LogP contribution in [-0.2, 0) is 17.8 Å². The Morgan fingerprint density at radius 1 is 1.53 bits per heavy atom. The normalized spacial score (nSPS) is 16.1. The summed E-state index contributed by atoms with van der Waals surface area (Å²) < 4.78 is 13.4. The molecule has 80 valence electrons. The van der Waals surface area contributed by atoms with Gasteiger partial charge in [0, 0.05) is 18.7 Å². The minimum absolute atomic E-state index is 0.193. The molecule has 0 fully saturated rings. The van der Waals surface area contributed by atoms with E-state index in [1.807, 2.05) is 11.0 Å². The molecule has 3 nitrogen and oxygen atoms in total. The lowest BCUT2D eigenvalue weighted by Crippen LogP contribution is -2.37. The number of hydrogen-bond acceptors (Lipinski definition) is 2. The van der Waals surface area contributed by atoms with Gasteiger partial charge in [0.1, 0.15) is 5.82 Å². The molecule has 2 rings (SSSR count). The van der Waals surface area contributed by atoms with Gasteiger partial charge in [0.25, 0.3) is 0 Å². The smallest absolute Gasteiger partial charge is 0.231 e. The van der Waals surface area contributed by atoms with Crippen LogP contribution >= 0.6 is 0 Å². The molecule has 0 aromatic heterocycles. The fourth-order valence-corrected chi connectivity index (χ4v) is 1.95. The molecular weight excluding hydrogens is 195 g/mol. The summed E-state index contributed by atoms with van der Waals surface area (Å²) in [5.41, 5.74) is 6.84. The zero-order chi connectivity index (χ0) is 10.8. The number of carbonyl (C=O) groups excluding carboxylic acids is 1. The molecule has 0 bridgehead atoms. The van der Waals surface area contributed by atoms with Crippen LogP contribution in [0.2, 0.25) is 0 Å². The second-order valence-corrected chi connectivity index (χ2v) is 3.80. The number of nitrogens with zero attached hydrogens (tertiary/aromatic N) is 1. The van der Waals surface area contributed by atoms with Crippen molar-refractivity contribution >= 4 is 5.91 Å². The number of benzene rings is 1. The van der Waals surface area contributed by atoms with Crippen LogP contribution < -0.4 is 5.73 Å². The van der Waals surface area contributed by atoms with Crippen LogP contribution in [0.5, 0.6) is 0 Å². The van der Waals surface area contributed by atoms with E-state index in [1.165, 1.54) is 6.07 Å². The van der Waals surface area contributed by atoms with Crippen LogP contribution in [0.4, 0.5) is 4.39 Å². The van der Waals surface area contributed by atoms with E-state index in [-0.39, 0.29) is 18.3 Å². The summed E-state index contributed by atoms with van der Waals surface area (Å²) >= 11 is 0. The molecule has 1 heterocycles. The van der Waals surface area contributed by atoms with Crippen molar-refractivity contribution in [1.82, 2.24) is 4.90 Å². The Labute approximate surface area is 87.7 Å². The summed E-state index contributed by atoms with van der Waals surface area (Å²) in [7, 11) is 0. The number of nitrogens with two attached hydrogens (primary N) is 1. The van der Waals surface area contributed by atoms with Crippen LogP contribution in [-0.4, -0.2) is 23.9 Å². The molecule has 15 heavy (non-hydrogen) atoms. The standard InChI is InChI=1S/C11H13FN2O/c12-10-3-1-2-8-4-5-14(6-9(8)10)7-11(13)15/h1-3H,4-7H2,(H2,13,15). The monoisotopic (exact) mass is 208 g/mol. The Balaban J connectivity index is 2.18. The molecule has 0 atom stereocenters. The molecule has 0 unspecified atom stereocenters. The number of hydrogen-bond donors (Lipinski definition) is 1. The Bertz CT molecular complexity index is 392. The van der Waals surface area contributed by atoms with Gasteiger partial charge in [-0.1, -0.05) is 12.1 Å². The fraction of sp³-hybridized carbons (Fsp3) is 0.364. The van der Waals surface area contributed by atoms with Gasteiger partial charge in [-0.15, -0.1) is 0 Å². The first-order valence-corrected chi connectivity index (χ1v) is 4.94. The number of carbonyl (C=O) groups is 1. The van der Waals surface area contributed by atoms with Crippen molar-refractivity contribution in [2.75, 3.05) is 13.1 Å². The van der Waals surface area contributed by atoms with Crippen molar-refractivity contribution < 1.29 is 9.18 Å². The topological polar surface area (TPSA) is 46.3 Å². The Morgan fingerprint density at radius 3 is 3.07 bits per heavy atom. The molecule has 1 amide bonds. The first-order chi connectivity index (χ1) is 7.16. The van der Waals surface area contributed by atoms with E-state index in [9.17, 15) is 9.18 Å². The Morgan fingerprint density at radius 2 is 2.33 bits per heavy atom. The zero-order valence-corrected chi connectivity index (χ0v) is 8.37. The van der Waals surface area contributed by atoms with Gasteiger partial charge in [0.05, 0.1) is 6.54 Å². The van der Waals surface area contributed by atoms with E-state index >= 15 is 0 Å². The Kier molecular flexibility index (Phi) is 2.68. The lowest BCUT2D eigenvalue weighted by atomic mass is 9.99. The molecule has 0 spiro atoms. The maximum absolute atomic E-state index is 13.4. The third kappa shape index (κ3) is 2.15. The number of halogens is 1. The largest absolute Gasteiger partial charge is 0.369 e. The van der Waals surface area contributed by atoms with Gasteiger partial charge in [-0.05, 0) is 18.1 Å². The van der Waals surface area contributed by atoms with Crippen molar-refractivity contribution in [3.8, 4) is 0 Å². The van der Waals surface area contributed by atoms with Gasteiger partial charge in [0.15, 0.2) is 0 Å². The van der Waals surface area contributed by atoms with Crippen molar-refractivity contribution in [1.29, 1.82) is 0 Å². The number of primary amides is 1. The molecule has 0 saturated heterocycles. The molecular formula is C11H13FN2O. The highest BCUT2D eigenvalue weighted by Gasteiger charge is 2.19.